The summed E-state index contributed by atoms with van der Waals surface area (Å²) in [6, 6.07) is 0. The molecule has 4 aliphatic rings. The minimum absolute atomic E-state index is 0.0551. The topological polar surface area (TPSA) is 59.1 Å². The van der Waals surface area contributed by atoms with Crippen molar-refractivity contribution in [2.24, 2.45) is 11.8 Å². The zero-order valence-electron chi connectivity index (χ0n) is 13.0. The summed E-state index contributed by atoms with van der Waals surface area (Å²) in [4.78, 5) is 28.7. The fraction of sp³-hybridized carbons (Fsp3) is 0.875. The van der Waals surface area contributed by atoms with Crippen LogP contribution >= 0.6 is 0 Å². The van der Waals surface area contributed by atoms with Gasteiger partial charge in [0.2, 0.25) is 11.8 Å². The van der Waals surface area contributed by atoms with E-state index in [1.54, 1.807) is 0 Å². The SMILES string of the molecule is O=C(C1CC1C(=O)N1CCC2(CC1)OCCO2)N1CCCC1. The predicted octanol–water partition coefficient (Wildman–Crippen LogP) is 0.610. The second kappa shape index (κ2) is 5.49. The second-order valence-electron chi connectivity index (χ2n) is 6.91. The van der Waals surface area contributed by atoms with Crippen LogP contribution in [0.1, 0.15) is 32.1 Å². The summed E-state index contributed by atoms with van der Waals surface area (Å²) in [5, 5.41) is 0. The maximum Gasteiger partial charge on any atom is 0.226 e. The predicted molar refractivity (Wildman–Crippen MR) is 77.9 cm³/mol. The van der Waals surface area contributed by atoms with Gasteiger partial charge in [0.05, 0.1) is 25.0 Å². The minimum atomic E-state index is -0.439. The lowest BCUT2D eigenvalue weighted by Crippen LogP contribution is -2.48. The average molecular weight is 308 g/mol. The molecule has 2 atom stereocenters. The summed E-state index contributed by atoms with van der Waals surface area (Å²) in [6.45, 7) is 4.42. The van der Waals surface area contributed by atoms with Crippen molar-refractivity contribution in [2.45, 2.75) is 37.9 Å². The zero-order chi connectivity index (χ0) is 15.2. The standard InChI is InChI=1S/C16H24N2O4/c19-14(17-5-1-2-6-17)12-11-13(12)15(20)18-7-3-16(4-8-18)21-9-10-22-16/h12-13H,1-11H2. The van der Waals surface area contributed by atoms with Crippen LogP contribution in [0.5, 0.6) is 0 Å². The number of hydrogen-bond acceptors (Lipinski definition) is 4. The van der Waals surface area contributed by atoms with Gasteiger partial charge in [-0.15, -0.1) is 0 Å². The fourth-order valence-corrected chi connectivity index (χ4v) is 4.00. The van der Waals surface area contributed by atoms with Gasteiger partial charge in [0, 0.05) is 39.0 Å². The van der Waals surface area contributed by atoms with Gasteiger partial charge in [0.1, 0.15) is 0 Å². The number of likely N-dealkylation sites (tertiary alicyclic amines) is 2. The number of ether oxygens (including phenoxy) is 2. The summed E-state index contributed by atoms with van der Waals surface area (Å²) >= 11 is 0. The van der Waals surface area contributed by atoms with Gasteiger partial charge in [-0.05, 0) is 19.3 Å². The molecule has 122 valence electrons. The monoisotopic (exact) mass is 308 g/mol. The molecule has 0 aromatic heterocycles. The highest BCUT2D eigenvalue weighted by atomic mass is 16.7. The molecule has 4 rings (SSSR count). The molecule has 3 heterocycles. The Labute approximate surface area is 130 Å². The highest BCUT2D eigenvalue weighted by Crippen LogP contribution is 2.43. The Morgan fingerprint density at radius 2 is 1.32 bits per heavy atom. The van der Waals surface area contributed by atoms with Gasteiger partial charge in [-0.3, -0.25) is 9.59 Å². The van der Waals surface area contributed by atoms with Gasteiger partial charge in [-0.2, -0.15) is 0 Å². The molecule has 0 radical (unpaired) electrons. The normalized spacial score (nSPS) is 33.5. The van der Waals surface area contributed by atoms with Crippen LogP contribution in [0.15, 0.2) is 0 Å². The molecule has 6 nitrogen and oxygen atoms in total. The van der Waals surface area contributed by atoms with Crippen LogP contribution in [0.25, 0.3) is 0 Å². The van der Waals surface area contributed by atoms with Gasteiger partial charge in [0.25, 0.3) is 0 Å². The van der Waals surface area contributed by atoms with E-state index in [9.17, 15) is 9.59 Å². The molecule has 3 saturated heterocycles. The number of rotatable bonds is 2. The third-order valence-electron chi connectivity index (χ3n) is 5.49. The molecule has 1 spiro atoms. The van der Waals surface area contributed by atoms with Crippen LogP contribution in [0.4, 0.5) is 0 Å². The van der Waals surface area contributed by atoms with Crippen molar-refractivity contribution in [3.63, 3.8) is 0 Å². The smallest absolute Gasteiger partial charge is 0.226 e. The fourth-order valence-electron chi connectivity index (χ4n) is 4.00. The lowest BCUT2D eigenvalue weighted by Gasteiger charge is -2.37. The average Bonchev–Trinajstić information content (AvgIpc) is 2.94. The first-order valence-corrected chi connectivity index (χ1v) is 8.54. The van der Waals surface area contributed by atoms with Gasteiger partial charge in [0.15, 0.2) is 5.79 Å². The van der Waals surface area contributed by atoms with Gasteiger partial charge >= 0.3 is 0 Å². The maximum atomic E-state index is 12.6. The third kappa shape index (κ3) is 2.52. The van der Waals surface area contributed by atoms with E-state index in [0.29, 0.717) is 26.3 Å². The first kappa shape index (κ1) is 14.5. The van der Waals surface area contributed by atoms with E-state index in [1.165, 1.54) is 0 Å². The van der Waals surface area contributed by atoms with E-state index in [4.69, 9.17) is 9.47 Å². The molecule has 1 saturated carbocycles. The van der Waals surface area contributed by atoms with Crippen molar-refractivity contribution in [1.82, 2.24) is 9.80 Å². The van der Waals surface area contributed by atoms with Crippen molar-refractivity contribution in [2.75, 3.05) is 39.4 Å². The van der Waals surface area contributed by atoms with Crippen molar-refractivity contribution >= 4 is 11.8 Å². The number of carbonyl (C=O) groups is 2. The summed E-state index contributed by atoms with van der Waals surface area (Å²) in [7, 11) is 0. The van der Waals surface area contributed by atoms with Crippen LogP contribution in [0.3, 0.4) is 0 Å². The van der Waals surface area contributed by atoms with Crippen molar-refractivity contribution in [1.29, 1.82) is 0 Å². The summed E-state index contributed by atoms with van der Waals surface area (Å²) < 4.78 is 11.4. The largest absolute Gasteiger partial charge is 0.347 e. The Bertz CT molecular complexity index is 459. The second-order valence-corrected chi connectivity index (χ2v) is 6.91. The van der Waals surface area contributed by atoms with E-state index >= 15 is 0 Å². The molecule has 2 amide bonds. The Kier molecular flexibility index (Phi) is 3.61. The number of carbonyl (C=O) groups excluding carboxylic acids is 2. The van der Waals surface area contributed by atoms with Crippen LogP contribution in [0, 0.1) is 11.8 Å². The molecule has 1 aliphatic carbocycles. The van der Waals surface area contributed by atoms with Crippen molar-refractivity contribution in [3.05, 3.63) is 0 Å². The molecule has 0 aromatic carbocycles. The Balaban J connectivity index is 1.29. The number of amides is 2. The van der Waals surface area contributed by atoms with E-state index in [-0.39, 0.29) is 23.7 Å². The van der Waals surface area contributed by atoms with Crippen LogP contribution in [-0.4, -0.2) is 66.8 Å². The number of nitrogens with zero attached hydrogens (tertiary/aromatic N) is 2. The number of piperidine rings is 1. The van der Waals surface area contributed by atoms with Crippen molar-refractivity contribution in [3.8, 4) is 0 Å². The van der Waals surface area contributed by atoms with Crippen LogP contribution < -0.4 is 0 Å². The molecule has 0 N–H and O–H groups in total. The first-order valence-electron chi connectivity index (χ1n) is 8.54. The minimum Gasteiger partial charge on any atom is -0.347 e. The quantitative estimate of drug-likeness (QED) is 0.750. The highest BCUT2D eigenvalue weighted by Gasteiger charge is 2.52. The van der Waals surface area contributed by atoms with Gasteiger partial charge < -0.3 is 19.3 Å². The molecule has 3 aliphatic heterocycles. The maximum absolute atomic E-state index is 12.6. The van der Waals surface area contributed by atoms with E-state index in [0.717, 1.165) is 45.2 Å². The molecule has 0 aromatic rings. The zero-order valence-corrected chi connectivity index (χ0v) is 13.0. The summed E-state index contributed by atoms with van der Waals surface area (Å²) in [5.74, 6) is -0.212. The van der Waals surface area contributed by atoms with Crippen LogP contribution in [-0.2, 0) is 19.1 Å². The molecule has 4 fully saturated rings. The lowest BCUT2D eigenvalue weighted by atomic mass is 10.0. The Morgan fingerprint density at radius 3 is 1.86 bits per heavy atom. The summed E-state index contributed by atoms with van der Waals surface area (Å²) in [6.07, 6.45) is 4.44. The van der Waals surface area contributed by atoms with Crippen molar-refractivity contribution < 1.29 is 19.1 Å². The van der Waals surface area contributed by atoms with Gasteiger partial charge in [-0.1, -0.05) is 0 Å². The summed E-state index contributed by atoms with van der Waals surface area (Å²) in [5.41, 5.74) is 0. The molecule has 0 bridgehead atoms. The Hall–Kier alpha value is -1.14. The highest BCUT2D eigenvalue weighted by molar-refractivity contribution is 5.92. The molecule has 22 heavy (non-hydrogen) atoms. The number of hydrogen-bond donors (Lipinski definition) is 0. The van der Waals surface area contributed by atoms with Crippen LogP contribution in [0.2, 0.25) is 0 Å². The lowest BCUT2D eigenvalue weighted by molar-refractivity contribution is -0.187. The molecular formula is C16H24N2O4. The Morgan fingerprint density at radius 1 is 0.818 bits per heavy atom. The van der Waals surface area contributed by atoms with Gasteiger partial charge in [-0.25, -0.2) is 0 Å². The van der Waals surface area contributed by atoms with E-state index in [2.05, 4.69) is 0 Å². The van der Waals surface area contributed by atoms with E-state index in [1.807, 2.05) is 9.80 Å². The molecule has 2 unspecified atom stereocenters. The van der Waals surface area contributed by atoms with E-state index < -0.39 is 5.79 Å². The molecule has 6 heteroatoms. The first-order chi connectivity index (χ1) is 10.7. The third-order valence-corrected chi connectivity index (χ3v) is 5.49. The molecular weight excluding hydrogens is 284 g/mol.